The average molecular weight is 424 g/mol. The fraction of sp³-hybridized carbons (Fsp3) is 0.417. The standard InChI is InChI=1S/C24H29N3O4/c1-18(28)19-9-10-22(23(17-19)29-2)30-16-6-5-11-26-12-14-27(15-13-26)24-20-7-3-4-8-21(20)31-25-24/h3-4,7-10,17H,5-6,11-16H2,1-2H3. The summed E-state index contributed by atoms with van der Waals surface area (Å²) >= 11 is 0. The van der Waals surface area contributed by atoms with Gasteiger partial charge in [0.15, 0.2) is 28.7 Å². The molecule has 7 heteroatoms. The first-order valence-corrected chi connectivity index (χ1v) is 10.8. The van der Waals surface area contributed by atoms with E-state index in [1.807, 2.05) is 24.3 Å². The molecule has 1 aliphatic heterocycles. The van der Waals surface area contributed by atoms with Crippen LogP contribution in [-0.2, 0) is 0 Å². The van der Waals surface area contributed by atoms with E-state index in [4.69, 9.17) is 14.0 Å². The van der Waals surface area contributed by atoms with Crippen molar-refractivity contribution in [2.75, 3.05) is 51.3 Å². The van der Waals surface area contributed by atoms with Gasteiger partial charge in [-0.3, -0.25) is 9.69 Å². The van der Waals surface area contributed by atoms with Gasteiger partial charge in [-0.2, -0.15) is 0 Å². The van der Waals surface area contributed by atoms with Crippen molar-refractivity contribution in [3.8, 4) is 11.5 Å². The van der Waals surface area contributed by atoms with Gasteiger partial charge in [0.05, 0.1) is 19.1 Å². The Hall–Kier alpha value is -3.06. The van der Waals surface area contributed by atoms with Gasteiger partial charge in [0, 0.05) is 31.7 Å². The lowest BCUT2D eigenvalue weighted by atomic mass is 10.1. The number of ketones is 1. The zero-order chi connectivity index (χ0) is 21.6. The molecule has 0 aliphatic carbocycles. The maximum atomic E-state index is 11.5. The molecule has 1 saturated heterocycles. The molecule has 0 atom stereocenters. The van der Waals surface area contributed by atoms with E-state index in [0.717, 1.165) is 62.4 Å². The highest BCUT2D eigenvalue weighted by atomic mass is 16.5. The Labute approximate surface area is 182 Å². The molecule has 0 radical (unpaired) electrons. The second-order valence-corrected chi connectivity index (χ2v) is 7.81. The second kappa shape index (κ2) is 9.83. The topological polar surface area (TPSA) is 68.0 Å². The Bertz CT molecular complexity index is 1020. The number of aromatic nitrogens is 1. The number of unbranched alkanes of at least 4 members (excludes halogenated alkanes) is 1. The van der Waals surface area contributed by atoms with Gasteiger partial charge < -0.3 is 18.9 Å². The van der Waals surface area contributed by atoms with Crippen LogP contribution in [0.5, 0.6) is 11.5 Å². The van der Waals surface area contributed by atoms with Crippen LogP contribution in [0.1, 0.15) is 30.1 Å². The predicted molar refractivity (Wildman–Crippen MR) is 120 cm³/mol. The number of nitrogens with zero attached hydrogens (tertiary/aromatic N) is 3. The quantitative estimate of drug-likeness (QED) is 0.380. The first kappa shape index (κ1) is 21.2. The van der Waals surface area contributed by atoms with E-state index in [-0.39, 0.29) is 5.78 Å². The maximum Gasteiger partial charge on any atom is 0.180 e. The molecular formula is C24H29N3O4. The van der Waals surface area contributed by atoms with Gasteiger partial charge in [-0.25, -0.2) is 0 Å². The summed E-state index contributed by atoms with van der Waals surface area (Å²) in [5, 5.41) is 5.36. The van der Waals surface area contributed by atoms with E-state index in [1.54, 1.807) is 26.2 Å². The summed E-state index contributed by atoms with van der Waals surface area (Å²) in [6, 6.07) is 13.3. The van der Waals surface area contributed by atoms with Crippen molar-refractivity contribution in [3.05, 3.63) is 48.0 Å². The van der Waals surface area contributed by atoms with Crippen molar-refractivity contribution in [2.24, 2.45) is 0 Å². The zero-order valence-electron chi connectivity index (χ0n) is 18.2. The van der Waals surface area contributed by atoms with Crippen LogP contribution in [0.3, 0.4) is 0 Å². The molecule has 7 nitrogen and oxygen atoms in total. The van der Waals surface area contributed by atoms with Crippen LogP contribution in [0.2, 0.25) is 0 Å². The van der Waals surface area contributed by atoms with Gasteiger partial charge in [0.25, 0.3) is 0 Å². The minimum Gasteiger partial charge on any atom is -0.493 e. The molecule has 1 aliphatic rings. The normalized spacial score (nSPS) is 14.7. The lowest BCUT2D eigenvalue weighted by molar-refractivity contribution is 0.101. The summed E-state index contributed by atoms with van der Waals surface area (Å²) in [5.74, 6) is 2.25. The van der Waals surface area contributed by atoms with Gasteiger partial charge in [-0.15, -0.1) is 0 Å². The first-order chi connectivity index (χ1) is 15.2. The number of carbonyl (C=O) groups is 1. The van der Waals surface area contributed by atoms with Crippen molar-refractivity contribution in [3.63, 3.8) is 0 Å². The van der Waals surface area contributed by atoms with E-state index < -0.39 is 0 Å². The van der Waals surface area contributed by atoms with Crippen molar-refractivity contribution >= 4 is 22.6 Å². The Morgan fingerprint density at radius 1 is 1.06 bits per heavy atom. The third-order valence-corrected chi connectivity index (χ3v) is 5.73. The minimum atomic E-state index is 0.0154. The molecule has 3 aromatic rings. The van der Waals surface area contributed by atoms with E-state index in [1.165, 1.54) is 0 Å². The SMILES string of the molecule is COc1cc(C(C)=O)ccc1OCCCCN1CCN(c2noc3ccccc23)CC1. The molecule has 31 heavy (non-hydrogen) atoms. The fourth-order valence-electron chi connectivity index (χ4n) is 3.91. The van der Waals surface area contributed by atoms with Crippen molar-refractivity contribution in [1.29, 1.82) is 0 Å². The molecular weight excluding hydrogens is 394 g/mol. The van der Waals surface area contributed by atoms with E-state index in [2.05, 4.69) is 21.0 Å². The number of fused-ring (bicyclic) bond motifs is 1. The van der Waals surface area contributed by atoms with Crippen LogP contribution in [0.15, 0.2) is 47.0 Å². The molecule has 2 heterocycles. The smallest absolute Gasteiger partial charge is 0.180 e. The van der Waals surface area contributed by atoms with Crippen LogP contribution in [0.25, 0.3) is 11.0 Å². The highest BCUT2D eigenvalue weighted by Crippen LogP contribution is 2.29. The summed E-state index contributed by atoms with van der Waals surface area (Å²) in [5.41, 5.74) is 1.47. The van der Waals surface area contributed by atoms with Crippen molar-refractivity contribution < 1.29 is 18.8 Å². The molecule has 0 N–H and O–H groups in total. The molecule has 0 spiro atoms. The van der Waals surface area contributed by atoms with E-state index in [0.29, 0.717) is 23.7 Å². The molecule has 0 unspecified atom stereocenters. The molecule has 0 saturated carbocycles. The molecule has 2 aromatic carbocycles. The number of Topliss-reactive ketones (excluding diaryl/α,β-unsaturated/α-hetero) is 1. The molecule has 1 fully saturated rings. The van der Waals surface area contributed by atoms with Gasteiger partial charge in [0.1, 0.15) is 0 Å². The number of rotatable bonds is 9. The van der Waals surface area contributed by atoms with E-state index >= 15 is 0 Å². The van der Waals surface area contributed by atoms with Gasteiger partial charge >= 0.3 is 0 Å². The summed E-state index contributed by atoms with van der Waals surface area (Å²) < 4.78 is 16.7. The summed E-state index contributed by atoms with van der Waals surface area (Å²) in [4.78, 5) is 16.3. The van der Waals surface area contributed by atoms with Crippen LogP contribution in [0.4, 0.5) is 5.82 Å². The summed E-state index contributed by atoms with van der Waals surface area (Å²) in [6.45, 7) is 7.16. The predicted octanol–water partition coefficient (Wildman–Crippen LogP) is 4.02. The second-order valence-electron chi connectivity index (χ2n) is 7.81. The molecule has 164 valence electrons. The molecule has 4 rings (SSSR count). The summed E-state index contributed by atoms with van der Waals surface area (Å²) in [6.07, 6.45) is 2.03. The lowest BCUT2D eigenvalue weighted by Gasteiger charge is -2.34. The number of carbonyl (C=O) groups excluding carboxylic acids is 1. The number of hydrogen-bond donors (Lipinski definition) is 0. The highest BCUT2D eigenvalue weighted by molar-refractivity contribution is 5.94. The lowest BCUT2D eigenvalue weighted by Crippen LogP contribution is -2.46. The number of methoxy groups -OCH3 is 1. The maximum absolute atomic E-state index is 11.5. The number of piperazine rings is 1. The van der Waals surface area contributed by atoms with Gasteiger partial charge in [-0.1, -0.05) is 17.3 Å². The third-order valence-electron chi connectivity index (χ3n) is 5.73. The Balaban J connectivity index is 1.18. The number of anilines is 1. The largest absolute Gasteiger partial charge is 0.493 e. The van der Waals surface area contributed by atoms with Gasteiger partial charge in [-0.05, 0) is 56.6 Å². The number of hydrogen-bond acceptors (Lipinski definition) is 7. The Kier molecular flexibility index (Phi) is 6.72. The third kappa shape index (κ3) is 4.99. The van der Waals surface area contributed by atoms with Gasteiger partial charge in [0.2, 0.25) is 0 Å². The number of benzene rings is 2. The molecule has 0 amide bonds. The fourth-order valence-corrected chi connectivity index (χ4v) is 3.91. The average Bonchev–Trinajstić information content (AvgIpc) is 3.23. The van der Waals surface area contributed by atoms with Crippen LogP contribution in [-0.4, -0.2) is 62.3 Å². The first-order valence-electron chi connectivity index (χ1n) is 10.8. The minimum absolute atomic E-state index is 0.0154. The van der Waals surface area contributed by atoms with Crippen LogP contribution >= 0.6 is 0 Å². The van der Waals surface area contributed by atoms with Crippen LogP contribution < -0.4 is 14.4 Å². The van der Waals surface area contributed by atoms with Crippen LogP contribution in [0, 0.1) is 0 Å². The molecule has 1 aromatic heterocycles. The number of ether oxygens (including phenoxy) is 2. The van der Waals surface area contributed by atoms with Crippen molar-refractivity contribution in [2.45, 2.75) is 19.8 Å². The monoisotopic (exact) mass is 423 g/mol. The zero-order valence-corrected chi connectivity index (χ0v) is 18.2. The summed E-state index contributed by atoms with van der Waals surface area (Å²) in [7, 11) is 1.59. The van der Waals surface area contributed by atoms with Crippen molar-refractivity contribution in [1.82, 2.24) is 10.1 Å². The van der Waals surface area contributed by atoms with E-state index in [9.17, 15) is 4.79 Å². The number of para-hydroxylation sites is 1. The Morgan fingerprint density at radius 2 is 1.87 bits per heavy atom. The molecule has 0 bridgehead atoms. The highest BCUT2D eigenvalue weighted by Gasteiger charge is 2.21. The Morgan fingerprint density at radius 3 is 2.65 bits per heavy atom.